The highest BCUT2D eigenvalue weighted by atomic mass is 79.9. The molecule has 4 nitrogen and oxygen atoms in total. The minimum absolute atomic E-state index is 0.213. The molecule has 0 aromatic heterocycles. The monoisotopic (exact) mass is 311 g/mol. The van der Waals surface area contributed by atoms with Gasteiger partial charge in [-0.15, -0.1) is 0 Å². The first-order valence-corrected chi connectivity index (χ1v) is 6.50. The van der Waals surface area contributed by atoms with Crippen molar-refractivity contribution in [2.24, 2.45) is 11.8 Å². The van der Waals surface area contributed by atoms with Crippen LogP contribution in [0.25, 0.3) is 0 Å². The van der Waals surface area contributed by atoms with Gasteiger partial charge in [0, 0.05) is 4.47 Å². The number of carboxylic acids is 1. The van der Waals surface area contributed by atoms with Gasteiger partial charge in [0.1, 0.15) is 0 Å². The summed E-state index contributed by atoms with van der Waals surface area (Å²) in [5.41, 5.74) is 2.79. The van der Waals surface area contributed by atoms with Gasteiger partial charge in [0.25, 0.3) is 0 Å². The Morgan fingerprint density at radius 1 is 1.33 bits per heavy atom. The molecule has 5 heteroatoms. The second kappa shape index (κ2) is 4.72. The average molecular weight is 312 g/mol. The lowest BCUT2D eigenvalue weighted by Gasteiger charge is -2.11. The molecule has 1 aliphatic rings. The molecule has 0 heterocycles. The number of aliphatic carboxylic acids is 1. The number of rotatable bonds is 3. The van der Waals surface area contributed by atoms with Crippen LogP contribution in [0.15, 0.2) is 16.6 Å². The highest BCUT2D eigenvalue weighted by Gasteiger charge is 2.48. The molecular weight excluding hydrogens is 298 g/mol. The standard InChI is InChI=1S/C13H14BrNO3/c1-6-3-7(2)11(10(14)4-6)15-12(16)8-5-9(8)13(17)18/h3-4,8-9H,5H2,1-2H3,(H,15,16)(H,17,18). The summed E-state index contributed by atoms with van der Waals surface area (Å²) in [6.07, 6.45) is 0.434. The van der Waals surface area contributed by atoms with Gasteiger partial charge in [0.05, 0.1) is 17.5 Å². The number of benzene rings is 1. The molecule has 1 amide bonds. The van der Waals surface area contributed by atoms with Crippen molar-refractivity contribution in [1.82, 2.24) is 0 Å². The van der Waals surface area contributed by atoms with Crippen molar-refractivity contribution in [3.8, 4) is 0 Å². The first-order valence-electron chi connectivity index (χ1n) is 5.70. The molecule has 2 atom stereocenters. The number of hydrogen-bond donors (Lipinski definition) is 2. The number of aryl methyl sites for hydroxylation is 2. The fourth-order valence-electron chi connectivity index (χ4n) is 2.05. The van der Waals surface area contributed by atoms with Crippen LogP contribution in [0, 0.1) is 25.7 Å². The third-order valence-electron chi connectivity index (χ3n) is 3.12. The molecule has 1 aromatic carbocycles. The summed E-state index contributed by atoms with van der Waals surface area (Å²) in [4.78, 5) is 22.6. The molecule has 1 aromatic rings. The zero-order valence-electron chi connectivity index (χ0n) is 10.2. The number of carbonyl (C=O) groups is 2. The lowest BCUT2D eigenvalue weighted by molar-refractivity contribution is -0.139. The smallest absolute Gasteiger partial charge is 0.307 e. The van der Waals surface area contributed by atoms with Gasteiger partial charge in [-0.3, -0.25) is 9.59 Å². The van der Waals surface area contributed by atoms with Crippen molar-refractivity contribution in [3.63, 3.8) is 0 Å². The van der Waals surface area contributed by atoms with Gasteiger partial charge >= 0.3 is 5.97 Å². The summed E-state index contributed by atoms with van der Waals surface area (Å²) in [5.74, 6) is -2.02. The summed E-state index contributed by atoms with van der Waals surface area (Å²) < 4.78 is 0.820. The number of carbonyl (C=O) groups excluding carboxylic acids is 1. The van der Waals surface area contributed by atoms with Crippen molar-refractivity contribution in [3.05, 3.63) is 27.7 Å². The quantitative estimate of drug-likeness (QED) is 0.902. The summed E-state index contributed by atoms with van der Waals surface area (Å²) in [6, 6.07) is 3.89. The minimum Gasteiger partial charge on any atom is -0.481 e. The van der Waals surface area contributed by atoms with Crippen molar-refractivity contribution >= 4 is 33.5 Å². The van der Waals surface area contributed by atoms with Crippen molar-refractivity contribution in [2.75, 3.05) is 5.32 Å². The van der Waals surface area contributed by atoms with Crippen LogP contribution in [0.1, 0.15) is 17.5 Å². The van der Waals surface area contributed by atoms with Gasteiger partial charge < -0.3 is 10.4 Å². The minimum atomic E-state index is -0.894. The third kappa shape index (κ3) is 2.56. The molecule has 2 unspecified atom stereocenters. The molecule has 0 spiro atoms. The van der Waals surface area contributed by atoms with Gasteiger partial charge in [-0.05, 0) is 53.4 Å². The Morgan fingerprint density at radius 2 is 2.00 bits per heavy atom. The predicted octanol–water partition coefficient (Wildman–Crippen LogP) is 2.73. The number of amides is 1. The Balaban J connectivity index is 2.11. The normalized spacial score (nSPS) is 21.5. The Labute approximate surface area is 114 Å². The van der Waals surface area contributed by atoms with E-state index in [4.69, 9.17) is 5.11 Å². The van der Waals surface area contributed by atoms with Crippen LogP contribution >= 0.6 is 15.9 Å². The highest BCUT2D eigenvalue weighted by Crippen LogP contribution is 2.40. The zero-order valence-corrected chi connectivity index (χ0v) is 11.7. The lowest BCUT2D eigenvalue weighted by atomic mass is 10.1. The van der Waals surface area contributed by atoms with Crippen molar-refractivity contribution in [2.45, 2.75) is 20.3 Å². The van der Waals surface area contributed by atoms with E-state index in [0.717, 1.165) is 21.3 Å². The average Bonchev–Trinajstić information content (AvgIpc) is 3.02. The lowest BCUT2D eigenvalue weighted by Crippen LogP contribution is -2.17. The zero-order chi connectivity index (χ0) is 13.4. The summed E-state index contributed by atoms with van der Waals surface area (Å²) in [7, 11) is 0. The van der Waals surface area contributed by atoms with Gasteiger partial charge in [-0.2, -0.15) is 0 Å². The van der Waals surface area contributed by atoms with Crippen molar-refractivity contribution < 1.29 is 14.7 Å². The van der Waals surface area contributed by atoms with E-state index in [0.29, 0.717) is 6.42 Å². The molecule has 1 aliphatic carbocycles. The molecule has 0 aliphatic heterocycles. The first-order chi connectivity index (χ1) is 8.40. The van der Waals surface area contributed by atoms with Crippen molar-refractivity contribution in [1.29, 1.82) is 0 Å². The van der Waals surface area contributed by atoms with Crippen LogP contribution in [-0.2, 0) is 9.59 Å². The Kier molecular flexibility index (Phi) is 3.43. The van der Waals surface area contributed by atoms with E-state index in [9.17, 15) is 9.59 Å². The second-order valence-corrected chi connectivity index (χ2v) is 5.57. The van der Waals surface area contributed by atoms with E-state index in [-0.39, 0.29) is 5.91 Å². The van der Waals surface area contributed by atoms with E-state index < -0.39 is 17.8 Å². The number of nitrogens with one attached hydrogen (secondary N) is 1. The SMILES string of the molecule is Cc1cc(C)c(NC(=O)C2CC2C(=O)O)c(Br)c1. The maximum Gasteiger partial charge on any atom is 0.307 e. The molecule has 0 bridgehead atoms. The molecule has 2 rings (SSSR count). The predicted molar refractivity (Wildman–Crippen MR) is 71.5 cm³/mol. The molecule has 18 heavy (non-hydrogen) atoms. The Bertz CT molecular complexity index is 504. The first kappa shape index (κ1) is 13.1. The highest BCUT2D eigenvalue weighted by molar-refractivity contribution is 9.10. The molecule has 2 N–H and O–H groups in total. The van der Waals surface area contributed by atoms with Crippen LogP contribution in [0.5, 0.6) is 0 Å². The fourth-order valence-corrected chi connectivity index (χ4v) is 2.82. The van der Waals surface area contributed by atoms with Gasteiger partial charge in [-0.1, -0.05) is 6.07 Å². The molecule has 1 fully saturated rings. The van der Waals surface area contributed by atoms with E-state index in [2.05, 4.69) is 21.2 Å². The van der Waals surface area contributed by atoms with Crippen LogP contribution in [0.3, 0.4) is 0 Å². The van der Waals surface area contributed by atoms with Crippen LogP contribution in [0.4, 0.5) is 5.69 Å². The number of carboxylic acid groups (broad SMARTS) is 1. The molecule has 0 radical (unpaired) electrons. The fraction of sp³-hybridized carbons (Fsp3) is 0.385. The molecule has 1 saturated carbocycles. The maximum atomic E-state index is 11.9. The van der Waals surface area contributed by atoms with E-state index in [1.807, 2.05) is 26.0 Å². The molecule has 96 valence electrons. The summed E-state index contributed by atoms with van der Waals surface area (Å²) in [6.45, 7) is 3.89. The second-order valence-electron chi connectivity index (χ2n) is 4.71. The summed E-state index contributed by atoms with van der Waals surface area (Å²) >= 11 is 3.41. The van der Waals surface area contributed by atoms with Crippen LogP contribution in [-0.4, -0.2) is 17.0 Å². The van der Waals surface area contributed by atoms with Crippen LogP contribution in [0.2, 0.25) is 0 Å². The van der Waals surface area contributed by atoms with Gasteiger partial charge in [0.15, 0.2) is 0 Å². The van der Waals surface area contributed by atoms with Crippen LogP contribution < -0.4 is 5.32 Å². The Hall–Kier alpha value is -1.36. The summed E-state index contributed by atoms with van der Waals surface area (Å²) in [5, 5.41) is 11.6. The number of anilines is 1. The Morgan fingerprint density at radius 3 is 2.50 bits per heavy atom. The van der Waals surface area contributed by atoms with E-state index in [1.165, 1.54) is 0 Å². The largest absolute Gasteiger partial charge is 0.481 e. The van der Waals surface area contributed by atoms with Gasteiger partial charge in [-0.25, -0.2) is 0 Å². The third-order valence-corrected chi connectivity index (χ3v) is 3.75. The van der Waals surface area contributed by atoms with Gasteiger partial charge in [0.2, 0.25) is 5.91 Å². The molecular formula is C13H14BrNO3. The molecule has 0 saturated heterocycles. The maximum absolute atomic E-state index is 11.9. The van der Waals surface area contributed by atoms with E-state index >= 15 is 0 Å². The number of hydrogen-bond acceptors (Lipinski definition) is 2. The number of halogens is 1. The van der Waals surface area contributed by atoms with E-state index in [1.54, 1.807) is 0 Å². The topological polar surface area (TPSA) is 66.4 Å².